The van der Waals surface area contributed by atoms with Gasteiger partial charge < -0.3 is 5.73 Å². The number of anilines is 1. The summed E-state index contributed by atoms with van der Waals surface area (Å²) in [4.78, 5) is 0. The first-order chi connectivity index (χ1) is 23.8. The molecule has 0 bridgehead atoms. The van der Waals surface area contributed by atoms with Crippen molar-refractivity contribution < 1.29 is 18.2 Å². The van der Waals surface area contributed by atoms with Crippen molar-refractivity contribution in [3.63, 3.8) is 0 Å². The van der Waals surface area contributed by atoms with Crippen LogP contribution in [0.2, 0.25) is 0 Å². The number of rotatable bonds is 8. The van der Waals surface area contributed by atoms with E-state index in [0.717, 1.165) is 28.1 Å². The first-order valence-corrected chi connectivity index (χ1v) is 22.5. The molecule has 0 amide bonds. The predicted octanol–water partition coefficient (Wildman–Crippen LogP) is 13.7. The van der Waals surface area contributed by atoms with Gasteiger partial charge in [0.2, 0.25) is 0 Å². The van der Waals surface area contributed by atoms with E-state index in [0.29, 0.717) is 17.8 Å². The topological polar surface area (TPSA) is 26.0 Å². The van der Waals surface area contributed by atoms with Crippen LogP contribution < -0.4 is 11.0 Å². The van der Waals surface area contributed by atoms with Crippen LogP contribution in [0.25, 0.3) is 22.3 Å². The molecule has 0 aromatic heterocycles. The van der Waals surface area contributed by atoms with Crippen molar-refractivity contribution >= 4 is 28.4 Å². The minimum absolute atomic E-state index is 0.541. The normalized spacial score (nSPS) is 15.6. The van der Waals surface area contributed by atoms with Crippen molar-refractivity contribution in [3.8, 4) is 22.3 Å². The third kappa shape index (κ3) is 10.6. The van der Waals surface area contributed by atoms with Crippen LogP contribution in [0.1, 0.15) is 140 Å². The van der Waals surface area contributed by atoms with Gasteiger partial charge in [-0.15, -0.1) is 35.9 Å². The van der Waals surface area contributed by atoms with E-state index in [9.17, 15) is 0 Å². The molecule has 4 aromatic carbocycles. The second-order valence-corrected chi connectivity index (χ2v) is 18.2. The van der Waals surface area contributed by atoms with E-state index < -0.39 is 7.92 Å². The van der Waals surface area contributed by atoms with E-state index in [-0.39, 0.29) is 0 Å². The SMILES string of the molecule is CC(C)c1cc(C(C)C)c(-c2ccccc2[PH+](C2CCCCC2)C2CCCCC2)c(C(C)C)c1.Nc1ccccc1-c1[c-]cccc1.[Cl][Pd+]. The summed E-state index contributed by atoms with van der Waals surface area (Å²) < 4.78 is 0. The molecule has 2 fully saturated rings. The van der Waals surface area contributed by atoms with Crippen molar-refractivity contribution in [2.45, 2.75) is 135 Å². The van der Waals surface area contributed by atoms with Gasteiger partial charge in [-0.05, 0) is 109 Å². The molecule has 0 aliphatic heterocycles. The molecule has 2 saturated carbocycles. The fraction of sp³-hybridized carbons (Fsp3) is 0.467. The molecule has 266 valence electrons. The van der Waals surface area contributed by atoms with E-state index >= 15 is 0 Å². The Morgan fingerprint density at radius 3 is 1.59 bits per heavy atom. The summed E-state index contributed by atoms with van der Waals surface area (Å²) in [5.41, 5.74) is 18.5. The van der Waals surface area contributed by atoms with E-state index in [2.05, 4.69) is 112 Å². The van der Waals surface area contributed by atoms with Crippen molar-refractivity contribution in [1.29, 1.82) is 0 Å². The number of benzene rings is 4. The van der Waals surface area contributed by atoms with Crippen molar-refractivity contribution in [2.75, 3.05) is 5.73 Å². The Morgan fingerprint density at radius 1 is 0.633 bits per heavy atom. The van der Waals surface area contributed by atoms with Crippen LogP contribution in [0.3, 0.4) is 0 Å². The molecule has 0 spiro atoms. The van der Waals surface area contributed by atoms with Crippen LogP contribution in [0, 0.1) is 6.07 Å². The monoisotopic (exact) mass is 786 g/mol. The van der Waals surface area contributed by atoms with Crippen LogP contribution >= 0.6 is 17.5 Å². The van der Waals surface area contributed by atoms with Crippen LogP contribution in [0.5, 0.6) is 0 Å². The van der Waals surface area contributed by atoms with Crippen LogP contribution in [0.15, 0.2) is 84.9 Å². The number of nitrogen functional groups attached to an aromatic ring is 1. The fourth-order valence-electron chi connectivity index (χ4n) is 8.12. The molecule has 0 radical (unpaired) electrons. The van der Waals surface area contributed by atoms with Gasteiger partial charge in [0, 0.05) is 13.5 Å². The van der Waals surface area contributed by atoms with E-state index in [4.69, 9.17) is 5.73 Å². The summed E-state index contributed by atoms with van der Waals surface area (Å²) >= 11 is 2.22. The molecule has 6 rings (SSSR count). The first-order valence-electron chi connectivity index (χ1n) is 18.8. The summed E-state index contributed by atoms with van der Waals surface area (Å²) in [7, 11) is 3.88. The maximum atomic E-state index is 5.83. The molecule has 4 heteroatoms. The maximum absolute atomic E-state index is 5.83. The van der Waals surface area contributed by atoms with Gasteiger partial charge in [0.05, 0.1) is 16.6 Å². The molecular weight excluding hydrogens is 727 g/mol. The predicted molar refractivity (Wildman–Crippen MR) is 217 cm³/mol. The van der Waals surface area contributed by atoms with Gasteiger partial charge in [0.15, 0.2) is 0 Å². The molecular formula is C45H60ClNPPd+. The van der Waals surface area contributed by atoms with Crippen molar-refractivity contribution in [1.82, 2.24) is 0 Å². The molecule has 49 heavy (non-hydrogen) atoms. The van der Waals surface area contributed by atoms with Crippen molar-refractivity contribution in [3.05, 3.63) is 108 Å². The van der Waals surface area contributed by atoms with Crippen LogP contribution in [-0.4, -0.2) is 11.3 Å². The Kier molecular flexibility index (Phi) is 16.4. The zero-order valence-electron chi connectivity index (χ0n) is 30.8. The molecule has 2 aliphatic carbocycles. The number of para-hydroxylation sites is 1. The Hall–Kier alpha value is -1.94. The molecule has 2 N–H and O–H groups in total. The van der Waals surface area contributed by atoms with E-state index in [1.54, 1.807) is 27.6 Å². The summed E-state index contributed by atoms with van der Waals surface area (Å²) in [6, 6.07) is 33.7. The van der Waals surface area contributed by atoms with Gasteiger partial charge in [0.25, 0.3) is 0 Å². The number of nitrogens with two attached hydrogens (primary N) is 1. The fourth-order valence-corrected chi connectivity index (χ4v) is 12.5. The van der Waals surface area contributed by atoms with Gasteiger partial charge in [-0.3, -0.25) is 0 Å². The Bertz CT molecular complexity index is 1510. The summed E-state index contributed by atoms with van der Waals surface area (Å²) in [5.74, 6) is 1.65. The number of hydrogen-bond acceptors (Lipinski definition) is 1. The third-order valence-corrected chi connectivity index (χ3v) is 14.7. The van der Waals surface area contributed by atoms with Gasteiger partial charge >= 0.3 is 27.7 Å². The van der Waals surface area contributed by atoms with Gasteiger partial charge in [-0.25, -0.2) is 0 Å². The van der Waals surface area contributed by atoms with E-state index in [1.807, 2.05) is 48.5 Å². The molecule has 0 saturated heterocycles. The first kappa shape index (κ1) is 39.8. The van der Waals surface area contributed by atoms with Gasteiger partial charge in [-0.2, -0.15) is 0 Å². The second kappa shape index (κ2) is 20.2. The summed E-state index contributed by atoms with van der Waals surface area (Å²) in [6.45, 7) is 14.3. The summed E-state index contributed by atoms with van der Waals surface area (Å²) in [6.07, 6.45) is 14.7. The quantitative estimate of drug-likeness (QED) is 0.0818. The average Bonchev–Trinajstić information content (AvgIpc) is 3.14. The standard InChI is InChI=1S/C33H49P.C12H10N.ClH.Pd/c1-23(2)26-21-30(24(3)4)33(31(22-26)25(5)6)29-19-13-14-20-32(29)34(27-15-9-7-10-16-27)28-17-11-8-12-18-28;13-12-9-5-4-8-11(12)10-6-2-1-3-7-10;;/h13-14,19-25,27-28H,7-12,15-18H2,1-6H3;1-6,8-9H,13H2;1H;/q;-1;;+2. The van der Waals surface area contributed by atoms with Crippen LogP contribution in [0.4, 0.5) is 5.69 Å². The molecule has 2 aliphatic rings. The summed E-state index contributed by atoms with van der Waals surface area (Å²) in [5, 5.41) is 1.78. The molecule has 0 unspecified atom stereocenters. The van der Waals surface area contributed by atoms with Crippen LogP contribution in [-0.2, 0) is 18.2 Å². The van der Waals surface area contributed by atoms with Crippen molar-refractivity contribution in [2.24, 2.45) is 0 Å². The molecule has 0 heterocycles. The van der Waals surface area contributed by atoms with Gasteiger partial charge in [0.1, 0.15) is 0 Å². The van der Waals surface area contributed by atoms with Gasteiger partial charge in [-0.1, -0.05) is 108 Å². The Balaban J connectivity index is 0.000000299. The molecule has 0 atom stereocenters. The second-order valence-electron chi connectivity index (χ2n) is 15.1. The molecule has 4 aromatic rings. The average molecular weight is 788 g/mol. The zero-order chi connectivity index (χ0) is 35.3. The zero-order valence-corrected chi connectivity index (χ0v) is 34.1. The van der Waals surface area contributed by atoms with E-state index in [1.165, 1.54) is 69.8 Å². The Labute approximate surface area is 315 Å². The minimum atomic E-state index is -0.610. The molecule has 1 nitrogen and oxygen atoms in total. The number of halogens is 1. The third-order valence-electron chi connectivity index (χ3n) is 10.7. The Morgan fingerprint density at radius 2 is 1.12 bits per heavy atom. The number of hydrogen-bond donors (Lipinski definition) is 1.